The Bertz CT molecular complexity index is 355. The third kappa shape index (κ3) is 2.79. The largest absolute Gasteiger partial charge is 0.485 e. The summed E-state index contributed by atoms with van der Waals surface area (Å²) in [6.45, 7) is 3.56. The Morgan fingerprint density at radius 2 is 2.19 bits per heavy atom. The summed E-state index contributed by atoms with van der Waals surface area (Å²) in [6, 6.07) is 0. The van der Waals surface area contributed by atoms with Crippen LogP contribution in [0.3, 0.4) is 0 Å². The lowest BCUT2D eigenvalue weighted by Gasteiger charge is -2.15. The van der Waals surface area contributed by atoms with Gasteiger partial charge in [0.2, 0.25) is 0 Å². The predicted octanol–water partition coefficient (Wildman–Crippen LogP) is 4.11. The van der Waals surface area contributed by atoms with E-state index in [2.05, 4.69) is 19.1 Å². The van der Waals surface area contributed by atoms with Gasteiger partial charge in [-0.2, -0.15) is 0 Å². The Hall–Kier alpha value is -0.960. The Labute approximate surface area is 101 Å². The molecular weight excluding hydrogens is 220 g/mol. The van der Waals surface area contributed by atoms with Gasteiger partial charge in [-0.05, 0) is 18.9 Å². The first-order valence-corrected chi connectivity index (χ1v) is 6.83. The molecule has 0 fully saturated rings. The highest BCUT2D eigenvalue weighted by atomic mass is 32.1. The average Bonchev–Trinajstić information content (AvgIpc) is 2.73. The number of fused-ring (bicyclic) bond motifs is 1. The molecule has 0 spiro atoms. The van der Waals surface area contributed by atoms with Crippen molar-refractivity contribution < 1.29 is 9.47 Å². The van der Waals surface area contributed by atoms with Crippen molar-refractivity contribution in [2.75, 3.05) is 13.2 Å². The van der Waals surface area contributed by atoms with Crippen LogP contribution >= 0.6 is 11.3 Å². The third-order valence-electron chi connectivity index (χ3n) is 2.57. The molecule has 0 saturated carbocycles. The Morgan fingerprint density at radius 1 is 1.31 bits per heavy atom. The van der Waals surface area contributed by atoms with E-state index < -0.39 is 0 Å². The summed E-state index contributed by atoms with van der Waals surface area (Å²) in [7, 11) is 0. The van der Waals surface area contributed by atoms with Crippen molar-refractivity contribution >= 4 is 17.4 Å². The second-order valence-corrected chi connectivity index (χ2v) is 4.80. The minimum absolute atomic E-state index is 0.667. The summed E-state index contributed by atoms with van der Waals surface area (Å²) in [5, 5.41) is 2.03. The van der Waals surface area contributed by atoms with Gasteiger partial charge in [0.15, 0.2) is 11.5 Å². The maximum absolute atomic E-state index is 5.61. The van der Waals surface area contributed by atoms with Gasteiger partial charge in [-0.25, -0.2) is 0 Å². The molecule has 88 valence electrons. The minimum atomic E-state index is 0.667. The normalized spacial score (nSPS) is 14.6. The minimum Gasteiger partial charge on any atom is -0.485 e. The van der Waals surface area contributed by atoms with Crippen molar-refractivity contribution in [2.45, 2.75) is 32.6 Å². The van der Waals surface area contributed by atoms with E-state index in [-0.39, 0.29) is 0 Å². The van der Waals surface area contributed by atoms with E-state index in [4.69, 9.17) is 9.47 Å². The highest BCUT2D eigenvalue weighted by Gasteiger charge is 2.16. The van der Waals surface area contributed by atoms with Crippen LogP contribution in [-0.2, 0) is 0 Å². The van der Waals surface area contributed by atoms with Crippen LogP contribution in [0, 0.1) is 0 Å². The number of allylic oxidation sites excluding steroid dienone is 1. The molecule has 1 aromatic rings. The molecule has 3 heteroatoms. The first-order chi connectivity index (χ1) is 7.92. The topological polar surface area (TPSA) is 18.5 Å². The molecule has 2 heterocycles. The average molecular weight is 238 g/mol. The predicted molar refractivity (Wildman–Crippen MR) is 68.5 cm³/mol. The van der Waals surface area contributed by atoms with E-state index in [9.17, 15) is 0 Å². The van der Waals surface area contributed by atoms with Crippen molar-refractivity contribution in [2.24, 2.45) is 0 Å². The molecule has 1 aliphatic heterocycles. The molecule has 16 heavy (non-hydrogen) atoms. The molecule has 0 aromatic carbocycles. The number of ether oxygens (including phenoxy) is 2. The summed E-state index contributed by atoms with van der Waals surface area (Å²) in [5.74, 6) is 1.84. The van der Waals surface area contributed by atoms with Crippen molar-refractivity contribution in [3.05, 3.63) is 16.3 Å². The number of hydrogen-bond acceptors (Lipinski definition) is 3. The van der Waals surface area contributed by atoms with E-state index >= 15 is 0 Å². The van der Waals surface area contributed by atoms with Crippen molar-refractivity contribution in [3.63, 3.8) is 0 Å². The van der Waals surface area contributed by atoms with Crippen LogP contribution < -0.4 is 9.47 Å². The number of hydrogen-bond donors (Lipinski definition) is 0. The van der Waals surface area contributed by atoms with Crippen LogP contribution in [0.2, 0.25) is 0 Å². The van der Waals surface area contributed by atoms with Gasteiger partial charge in [0, 0.05) is 5.38 Å². The lowest BCUT2D eigenvalue weighted by Crippen LogP contribution is -2.14. The summed E-state index contributed by atoms with van der Waals surface area (Å²) in [6.07, 6.45) is 9.42. The van der Waals surface area contributed by atoms with Gasteiger partial charge in [0.05, 0.1) is 4.88 Å². The van der Waals surface area contributed by atoms with Crippen LogP contribution in [-0.4, -0.2) is 13.2 Å². The number of unbranched alkanes of at least 4 members (excludes halogenated alkanes) is 3. The zero-order valence-electron chi connectivity index (χ0n) is 9.70. The van der Waals surface area contributed by atoms with Crippen molar-refractivity contribution in [1.29, 1.82) is 0 Å². The van der Waals surface area contributed by atoms with Gasteiger partial charge in [0.1, 0.15) is 13.2 Å². The van der Waals surface area contributed by atoms with Gasteiger partial charge in [-0.1, -0.05) is 25.8 Å². The van der Waals surface area contributed by atoms with Gasteiger partial charge in [-0.15, -0.1) is 11.3 Å². The SMILES string of the molecule is CCCCC/C=C\c1scc2c1OCCO2. The maximum atomic E-state index is 5.61. The molecule has 0 radical (unpaired) electrons. The first kappa shape index (κ1) is 11.5. The van der Waals surface area contributed by atoms with E-state index in [1.54, 1.807) is 11.3 Å². The molecule has 2 nitrogen and oxygen atoms in total. The molecule has 0 atom stereocenters. The maximum Gasteiger partial charge on any atom is 0.179 e. The first-order valence-electron chi connectivity index (χ1n) is 5.95. The van der Waals surface area contributed by atoms with Crippen molar-refractivity contribution in [3.8, 4) is 11.5 Å². The molecule has 0 bridgehead atoms. The molecule has 0 N–H and O–H groups in total. The smallest absolute Gasteiger partial charge is 0.179 e. The van der Waals surface area contributed by atoms with Crippen LogP contribution in [0.15, 0.2) is 11.5 Å². The fourth-order valence-electron chi connectivity index (χ4n) is 1.70. The van der Waals surface area contributed by atoms with Gasteiger partial charge in [0.25, 0.3) is 0 Å². The van der Waals surface area contributed by atoms with Crippen LogP contribution in [0.4, 0.5) is 0 Å². The van der Waals surface area contributed by atoms with Crippen LogP contribution in [0.25, 0.3) is 6.08 Å². The van der Waals surface area contributed by atoms with Crippen molar-refractivity contribution in [1.82, 2.24) is 0 Å². The fourth-order valence-corrected chi connectivity index (χ4v) is 2.55. The van der Waals surface area contributed by atoms with E-state index in [0.717, 1.165) is 17.9 Å². The molecule has 0 unspecified atom stereocenters. The highest BCUT2D eigenvalue weighted by Crippen LogP contribution is 2.40. The fraction of sp³-hybridized carbons (Fsp3) is 0.538. The van der Waals surface area contributed by atoms with E-state index in [0.29, 0.717) is 13.2 Å². The lowest BCUT2D eigenvalue weighted by atomic mass is 10.2. The van der Waals surface area contributed by atoms with Crippen LogP contribution in [0.1, 0.15) is 37.5 Å². The number of thiophene rings is 1. The summed E-state index contributed by atoms with van der Waals surface area (Å²) in [4.78, 5) is 1.19. The standard InChI is InChI=1S/C13H18O2S/c1-2-3-4-5-6-7-12-13-11(10-16-12)14-8-9-15-13/h6-7,10H,2-5,8-9H2,1H3/b7-6-. The van der Waals surface area contributed by atoms with Gasteiger partial charge in [-0.3, -0.25) is 0 Å². The Balaban J connectivity index is 1.91. The second-order valence-electron chi connectivity index (χ2n) is 3.89. The Morgan fingerprint density at radius 3 is 3.06 bits per heavy atom. The number of rotatable bonds is 5. The molecule has 1 aliphatic rings. The van der Waals surface area contributed by atoms with Crippen LogP contribution in [0.5, 0.6) is 11.5 Å². The molecule has 1 aromatic heterocycles. The molecule has 0 amide bonds. The summed E-state index contributed by atoms with van der Waals surface area (Å²) in [5.41, 5.74) is 0. The molecule has 0 aliphatic carbocycles. The zero-order valence-corrected chi connectivity index (χ0v) is 10.5. The summed E-state index contributed by atoms with van der Waals surface area (Å²) < 4.78 is 11.1. The van der Waals surface area contributed by atoms with Gasteiger partial charge >= 0.3 is 0 Å². The molecule has 0 saturated heterocycles. The molecular formula is C13H18O2S. The summed E-state index contributed by atoms with van der Waals surface area (Å²) >= 11 is 1.69. The second kappa shape index (κ2) is 5.94. The van der Waals surface area contributed by atoms with E-state index in [1.165, 1.54) is 24.1 Å². The lowest BCUT2D eigenvalue weighted by molar-refractivity contribution is 0.173. The molecule has 2 rings (SSSR count). The third-order valence-corrected chi connectivity index (χ3v) is 3.48. The Kier molecular flexibility index (Phi) is 4.28. The monoisotopic (exact) mass is 238 g/mol. The quantitative estimate of drug-likeness (QED) is 0.719. The zero-order chi connectivity index (χ0) is 11.2. The van der Waals surface area contributed by atoms with Gasteiger partial charge < -0.3 is 9.47 Å². The van der Waals surface area contributed by atoms with E-state index in [1.807, 2.05) is 5.38 Å². The highest BCUT2D eigenvalue weighted by molar-refractivity contribution is 7.11.